The van der Waals surface area contributed by atoms with Crippen LogP contribution in [0.5, 0.6) is 0 Å². The zero-order chi connectivity index (χ0) is 51.4. The number of nitrogens with two attached hydrogens (primary N) is 3. The van der Waals surface area contributed by atoms with Gasteiger partial charge in [-0.2, -0.15) is 0 Å². The molecule has 0 spiro atoms. The minimum absolute atomic E-state index is 0.0671. The Hall–Kier alpha value is -5.91. The molecule has 3 rings (SSSR count). The summed E-state index contributed by atoms with van der Waals surface area (Å²) < 4.78 is 0. The molecule has 2 heterocycles. The van der Waals surface area contributed by atoms with Crippen molar-refractivity contribution in [1.82, 2.24) is 42.1 Å². The monoisotopic (exact) mass is 1000 g/mol. The van der Waals surface area contributed by atoms with Gasteiger partial charge in [0.15, 0.2) is 0 Å². The van der Waals surface area contributed by atoms with E-state index in [1.54, 1.807) is 13.8 Å². The molecule has 1 aromatic rings. The third kappa shape index (κ3) is 19.2. The fraction of sp³-hybridized carbons (Fsp3) is 0.622. The molecule has 11 amide bonds. The zero-order valence-electron chi connectivity index (χ0n) is 39.9. The second-order valence-corrected chi connectivity index (χ2v) is 20.3. The minimum atomic E-state index is -1.71. The van der Waals surface area contributed by atoms with Crippen molar-refractivity contribution in [2.45, 2.75) is 141 Å². The predicted molar refractivity (Wildman–Crippen MR) is 259 cm³/mol. The molecule has 0 radical (unpaired) electrons. The number of amides is 11. The number of primary amides is 3. The fourth-order valence-corrected chi connectivity index (χ4v) is 9.75. The summed E-state index contributed by atoms with van der Waals surface area (Å²) in [5.41, 5.74) is 17.9. The van der Waals surface area contributed by atoms with E-state index in [1.165, 1.54) is 15.7 Å². The van der Waals surface area contributed by atoms with Crippen LogP contribution in [-0.2, 0) is 65.6 Å². The average Bonchev–Trinajstić information content (AvgIpc) is 3.79. The van der Waals surface area contributed by atoms with Crippen LogP contribution in [0.2, 0.25) is 0 Å². The van der Waals surface area contributed by atoms with Crippen LogP contribution in [-0.4, -0.2) is 137 Å². The SMILES string of the molecule is CCc1ccc(C[C@H]2NC(=O)CCSSC[C@@H](C(=O)N3CCC[C@H]3C(=O)N[C@@H](CC(C)C)C(=O)NCC(N)=O)NC(=O)[C@H](CC(N)=O)NC(=O)[C@H](CCC(N)=O)NC(=O)[C@H]([C@@H](C)CC)NC2=O)cc1. The topological polar surface area (TPSA) is 353 Å². The Kier molecular flexibility index (Phi) is 23.8. The van der Waals surface area contributed by atoms with Crippen molar-refractivity contribution in [2.24, 2.45) is 29.0 Å². The van der Waals surface area contributed by atoms with Gasteiger partial charge < -0.3 is 59.3 Å². The number of hydrogen-bond acceptors (Lipinski definition) is 13. The van der Waals surface area contributed by atoms with Crippen molar-refractivity contribution in [2.75, 3.05) is 24.6 Å². The van der Waals surface area contributed by atoms with Crippen molar-refractivity contribution in [1.29, 1.82) is 0 Å². The Morgan fingerprint density at radius 3 is 2.01 bits per heavy atom. The Morgan fingerprint density at radius 1 is 0.768 bits per heavy atom. The van der Waals surface area contributed by atoms with Gasteiger partial charge in [0.1, 0.15) is 42.3 Å². The molecular formula is C45H69N11O11S2. The Bertz CT molecular complexity index is 2030. The van der Waals surface area contributed by atoms with Crippen LogP contribution in [0.4, 0.5) is 0 Å². The number of aryl methyl sites for hydroxylation is 1. The van der Waals surface area contributed by atoms with Gasteiger partial charge >= 0.3 is 0 Å². The molecule has 24 heteroatoms. The maximum Gasteiger partial charge on any atom is 0.246 e. The molecule has 2 saturated heterocycles. The van der Waals surface area contributed by atoms with Crippen LogP contribution in [0.25, 0.3) is 0 Å². The van der Waals surface area contributed by atoms with E-state index in [9.17, 15) is 52.7 Å². The van der Waals surface area contributed by atoms with Gasteiger partial charge in [-0.1, -0.05) is 86.9 Å². The van der Waals surface area contributed by atoms with Crippen molar-refractivity contribution in [3.8, 4) is 0 Å². The number of benzene rings is 1. The van der Waals surface area contributed by atoms with Gasteiger partial charge in [0.2, 0.25) is 65.0 Å². The van der Waals surface area contributed by atoms with Gasteiger partial charge in [0.05, 0.1) is 13.0 Å². The van der Waals surface area contributed by atoms with Gasteiger partial charge in [-0.25, -0.2) is 0 Å². The molecule has 382 valence electrons. The van der Waals surface area contributed by atoms with Gasteiger partial charge in [0.25, 0.3) is 0 Å². The molecule has 0 unspecified atom stereocenters. The Morgan fingerprint density at radius 2 is 1.41 bits per heavy atom. The third-order valence-electron chi connectivity index (χ3n) is 11.6. The van der Waals surface area contributed by atoms with Crippen LogP contribution >= 0.6 is 21.6 Å². The van der Waals surface area contributed by atoms with Crippen LogP contribution in [0.15, 0.2) is 24.3 Å². The highest BCUT2D eigenvalue weighted by atomic mass is 33.1. The van der Waals surface area contributed by atoms with E-state index >= 15 is 0 Å². The first kappa shape index (κ1) is 57.4. The van der Waals surface area contributed by atoms with E-state index in [-0.39, 0.29) is 56.1 Å². The van der Waals surface area contributed by atoms with E-state index < -0.39 is 133 Å². The first-order chi connectivity index (χ1) is 32.6. The van der Waals surface area contributed by atoms with Crippen molar-refractivity contribution < 1.29 is 52.7 Å². The van der Waals surface area contributed by atoms with Crippen molar-refractivity contribution >= 4 is 86.6 Å². The molecule has 2 fully saturated rings. The van der Waals surface area contributed by atoms with Crippen LogP contribution < -0.4 is 54.4 Å². The third-order valence-corrected chi connectivity index (χ3v) is 14.0. The molecule has 22 nitrogen and oxygen atoms in total. The second-order valence-electron chi connectivity index (χ2n) is 17.6. The molecule has 2 aliphatic rings. The fourth-order valence-electron chi connectivity index (χ4n) is 7.61. The number of carbonyl (C=O) groups excluding carboxylic acids is 11. The normalized spacial score (nSPS) is 23.2. The van der Waals surface area contributed by atoms with Crippen LogP contribution in [0, 0.1) is 11.8 Å². The molecular weight excluding hydrogens is 935 g/mol. The summed E-state index contributed by atoms with van der Waals surface area (Å²) >= 11 is 0. The number of rotatable bonds is 18. The summed E-state index contributed by atoms with van der Waals surface area (Å²) in [6.45, 7) is 8.77. The van der Waals surface area contributed by atoms with E-state index in [2.05, 4.69) is 37.2 Å². The van der Waals surface area contributed by atoms with Crippen LogP contribution in [0.1, 0.15) is 97.1 Å². The van der Waals surface area contributed by atoms with E-state index in [4.69, 9.17) is 17.2 Å². The van der Waals surface area contributed by atoms with E-state index in [0.717, 1.165) is 28.3 Å². The summed E-state index contributed by atoms with van der Waals surface area (Å²) in [5.74, 6) is -9.21. The van der Waals surface area contributed by atoms with E-state index in [0.29, 0.717) is 12.8 Å². The lowest BCUT2D eigenvalue weighted by molar-refractivity contribution is -0.142. The largest absolute Gasteiger partial charge is 0.370 e. The molecule has 69 heavy (non-hydrogen) atoms. The van der Waals surface area contributed by atoms with Gasteiger partial charge in [-0.3, -0.25) is 52.7 Å². The number of likely N-dealkylation sites (tertiary alicyclic amines) is 1. The maximum atomic E-state index is 14.5. The molecule has 1 aromatic carbocycles. The lowest BCUT2D eigenvalue weighted by Gasteiger charge is -2.31. The van der Waals surface area contributed by atoms with Crippen molar-refractivity contribution in [3.05, 3.63) is 35.4 Å². The molecule has 13 N–H and O–H groups in total. The minimum Gasteiger partial charge on any atom is -0.370 e. The highest BCUT2D eigenvalue weighted by Gasteiger charge is 2.41. The van der Waals surface area contributed by atoms with Gasteiger partial charge in [0, 0.05) is 37.3 Å². The lowest BCUT2D eigenvalue weighted by atomic mass is 9.96. The molecule has 0 aromatic heterocycles. The highest BCUT2D eigenvalue weighted by Crippen LogP contribution is 2.26. The van der Waals surface area contributed by atoms with Gasteiger partial charge in [-0.05, 0) is 55.1 Å². The molecule has 0 aliphatic carbocycles. The Balaban J connectivity index is 2.02. The summed E-state index contributed by atoms with van der Waals surface area (Å²) in [4.78, 5) is 148. The highest BCUT2D eigenvalue weighted by molar-refractivity contribution is 8.76. The first-order valence-electron chi connectivity index (χ1n) is 23.2. The summed E-state index contributed by atoms with van der Waals surface area (Å²) in [6.07, 6.45) is 0.421. The quantitative estimate of drug-likeness (QED) is 0.0736. The number of nitrogens with zero attached hydrogens (tertiary/aromatic N) is 1. The molecule has 2 aliphatic heterocycles. The zero-order valence-corrected chi connectivity index (χ0v) is 41.5. The smallest absolute Gasteiger partial charge is 0.246 e. The summed E-state index contributed by atoms with van der Waals surface area (Å²) in [7, 11) is 2.30. The lowest BCUT2D eigenvalue weighted by Crippen LogP contribution is -2.61. The first-order valence-corrected chi connectivity index (χ1v) is 25.7. The summed E-state index contributed by atoms with van der Waals surface area (Å²) in [5, 5.41) is 18.2. The molecule has 0 bridgehead atoms. The van der Waals surface area contributed by atoms with Crippen LogP contribution in [0.3, 0.4) is 0 Å². The Labute approximate surface area is 410 Å². The molecule has 8 atom stereocenters. The maximum absolute atomic E-state index is 14.5. The standard InChI is InChI=1S/C45H69N11O11S2/c1-6-25(5)38-44(66)51-28(14-15-34(46)57)40(62)52-31(21-35(47)58)41(63)54-32(23-69-68-18-16-37(60)50-30(42(64)55-38)20-27-12-10-26(7-2)11-13-27)45(67)56-17-8-9-33(56)43(65)53-29(19-24(3)4)39(61)49-22-36(48)59/h10-13,24-25,28-33,38H,6-9,14-23H2,1-5H3,(H2,46,57)(H2,47,58)(H2,48,59)(H,49,61)(H,50,60)(H,51,66)(H,52,62)(H,53,65)(H,54,63)(H,55,64)/t25-,28-,29-,30+,31-,32-,33-,38-/m0/s1. The second kappa shape index (κ2) is 28.6. The van der Waals surface area contributed by atoms with Gasteiger partial charge in [-0.15, -0.1) is 0 Å². The predicted octanol–water partition coefficient (Wildman–Crippen LogP) is -1.69. The number of nitrogens with one attached hydrogen (secondary N) is 7. The number of hydrogen-bond donors (Lipinski definition) is 10. The molecule has 0 saturated carbocycles. The summed E-state index contributed by atoms with van der Waals surface area (Å²) in [6, 6.07) is -1.68. The number of carbonyl (C=O) groups is 11. The van der Waals surface area contributed by atoms with Crippen molar-refractivity contribution in [3.63, 3.8) is 0 Å². The average molecular weight is 1000 g/mol. The van der Waals surface area contributed by atoms with E-state index in [1.807, 2.05) is 45.0 Å².